The molecule has 0 saturated heterocycles. The molecule has 0 fully saturated rings. The van der Waals surface area contributed by atoms with Crippen molar-refractivity contribution in [3.63, 3.8) is 0 Å². The summed E-state index contributed by atoms with van der Waals surface area (Å²) in [7, 11) is 3.34. The fraction of sp³-hybridized carbons (Fsp3) is 0.258. The second-order valence-corrected chi connectivity index (χ2v) is 9.15. The second kappa shape index (κ2) is 10.7. The molecule has 5 heteroatoms. The van der Waals surface area contributed by atoms with Gasteiger partial charge >= 0.3 is 0 Å². The Morgan fingerprint density at radius 2 is 1.50 bits per heavy atom. The molecule has 0 radical (unpaired) electrons. The zero-order valence-electron chi connectivity index (χ0n) is 20.9. The van der Waals surface area contributed by atoms with E-state index in [0.717, 1.165) is 42.1 Å². The van der Waals surface area contributed by atoms with E-state index in [2.05, 4.69) is 52.3 Å². The van der Waals surface area contributed by atoms with Crippen LogP contribution in [0.3, 0.4) is 0 Å². The molecular weight excluding hydrogens is 448 g/mol. The number of hydrogen-bond acceptors (Lipinski definition) is 3. The van der Waals surface area contributed by atoms with Crippen molar-refractivity contribution in [1.82, 2.24) is 9.88 Å². The Morgan fingerprint density at radius 3 is 2.22 bits per heavy atom. The third-order valence-corrected chi connectivity index (χ3v) is 6.93. The molecule has 1 N–H and O–H groups in total. The molecule has 5 rings (SSSR count). The summed E-state index contributed by atoms with van der Waals surface area (Å²) in [5.74, 6) is 1.75. The molecule has 4 aromatic rings. The van der Waals surface area contributed by atoms with Crippen molar-refractivity contribution in [2.45, 2.75) is 32.1 Å². The van der Waals surface area contributed by atoms with Gasteiger partial charge in [-0.25, -0.2) is 0 Å². The van der Waals surface area contributed by atoms with Crippen LogP contribution in [0.4, 0.5) is 0 Å². The van der Waals surface area contributed by atoms with Crippen molar-refractivity contribution in [3.8, 4) is 28.4 Å². The first-order valence-corrected chi connectivity index (χ1v) is 12.5. The Morgan fingerprint density at radius 1 is 0.833 bits per heavy atom. The summed E-state index contributed by atoms with van der Waals surface area (Å²) in [5.41, 5.74) is 8.67. The molecule has 0 atom stereocenters. The van der Waals surface area contributed by atoms with Crippen LogP contribution in [0.5, 0.6) is 11.5 Å². The van der Waals surface area contributed by atoms with Gasteiger partial charge in [-0.15, -0.1) is 0 Å². The predicted molar refractivity (Wildman–Crippen MR) is 143 cm³/mol. The second-order valence-electron chi connectivity index (χ2n) is 9.15. The summed E-state index contributed by atoms with van der Waals surface area (Å²) in [4.78, 5) is 12.7. The first kappa shape index (κ1) is 23.7. The molecule has 0 saturated carbocycles. The minimum atomic E-state index is 0.0735. The monoisotopic (exact) mass is 480 g/mol. The number of rotatable bonds is 9. The van der Waals surface area contributed by atoms with E-state index < -0.39 is 0 Å². The van der Waals surface area contributed by atoms with E-state index in [1.807, 2.05) is 36.4 Å². The van der Waals surface area contributed by atoms with Crippen LogP contribution in [0.1, 0.15) is 28.8 Å². The molecule has 0 bridgehead atoms. The average molecular weight is 481 g/mol. The molecular formula is C31H32N2O3. The number of hydrogen-bond donors (Lipinski definition) is 1. The van der Waals surface area contributed by atoms with Gasteiger partial charge in [-0.2, -0.15) is 0 Å². The molecule has 184 valence electrons. The fourth-order valence-electron chi connectivity index (χ4n) is 5.02. The van der Waals surface area contributed by atoms with Crippen LogP contribution in [0.15, 0.2) is 78.9 Å². The van der Waals surface area contributed by atoms with E-state index in [0.29, 0.717) is 19.4 Å². The smallest absolute Gasteiger partial charge is 0.220 e. The lowest BCUT2D eigenvalue weighted by molar-refractivity contribution is -0.121. The normalized spacial score (nSPS) is 11.9. The van der Waals surface area contributed by atoms with Crippen LogP contribution >= 0.6 is 0 Å². The summed E-state index contributed by atoms with van der Waals surface area (Å²) >= 11 is 0. The Balaban J connectivity index is 1.33. The number of fused-ring (bicyclic) bond motifs is 3. The number of nitrogens with one attached hydrogen (secondary N) is 1. The zero-order chi connectivity index (χ0) is 24.9. The highest BCUT2D eigenvalue weighted by Crippen LogP contribution is 2.38. The van der Waals surface area contributed by atoms with Gasteiger partial charge < -0.3 is 19.4 Å². The van der Waals surface area contributed by atoms with E-state index in [1.54, 1.807) is 14.2 Å². The first-order chi connectivity index (χ1) is 17.7. The molecule has 36 heavy (non-hydrogen) atoms. The van der Waals surface area contributed by atoms with Crippen LogP contribution in [-0.2, 0) is 30.5 Å². The third kappa shape index (κ3) is 5.01. The van der Waals surface area contributed by atoms with Gasteiger partial charge in [0.15, 0.2) is 0 Å². The largest absolute Gasteiger partial charge is 0.497 e. The van der Waals surface area contributed by atoms with Crippen molar-refractivity contribution in [2.75, 3.05) is 20.8 Å². The predicted octanol–water partition coefficient (Wildman–Crippen LogP) is 5.55. The van der Waals surface area contributed by atoms with Gasteiger partial charge in [-0.3, -0.25) is 4.79 Å². The van der Waals surface area contributed by atoms with Crippen molar-refractivity contribution in [1.29, 1.82) is 0 Å². The number of amides is 1. The molecule has 1 aliphatic rings. The Bertz CT molecular complexity index is 1340. The minimum absolute atomic E-state index is 0.0735. The van der Waals surface area contributed by atoms with Crippen molar-refractivity contribution < 1.29 is 14.3 Å². The number of aromatic nitrogens is 1. The SMILES string of the molecule is COc1ccc(CCNC(=O)CCc2cc3c(n2-c2ccc(OC)cc2)-c2ccccc2CC3)cc1. The summed E-state index contributed by atoms with van der Waals surface area (Å²) in [6.45, 7) is 0.620. The number of methoxy groups -OCH3 is 2. The van der Waals surface area contributed by atoms with Crippen molar-refractivity contribution in [3.05, 3.63) is 101 Å². The highest BCUT2D eigenvalue weighted by atomic mass is 16.5. The lowest BCUT2D eigenvalue weighted by Crippen LogP contribution is -2.26. The van der Waals surface area contributed by atoms with Crippen LogP contribution in [0.25, 0.3) is 16.9 Å². The highest BCUT2D eigenvalue weighted by Gasteiger charge is 2.23. The summed E-state index contributed by atoms with van der Waals surface area (Å²) in [5, 5.41) is 3.09. The van der Waals surface area contributed by atoms with Crippen LogP contribution in [0, 0.1) is 0 Å². The van der Waals surface area contributed by atoms with E-state index in [4.69, 9.17) is 9.47 Å². The third-order valence-electron chi connectivity index (χ3n) is 6.93. The van der Waals surface area contributed by atoms with Gasteiger partial charge in [-0.05, 0) is 84.8 Å². The first-order valence-electron chi connectivity index (χ1n) is 12.5. The van der Waals surface area contributed by atoms with E-state index >= 15 is 0 Å². The number of carbonyl (C=O) groups is 1. The lowest BCUT2D eigenvalue weighted by Gasteiger charge is -2.21. The van der Waals surface area contributed by atoms with Crippen LogP contribution in [0.2, 0.25) is 0 Å². The molecule has 3 aromatic carbocycles. The maximum atomic E-state index is 12.7. The molecule has 1 aromatic heterocycles. The fourth-order valence-corrected chi connectivity index (χ4v) is 5.02. The number of ether oxygens (including phenoxy) is 2. The van der Waals surface area contributed by atoms with Gasteiger partial charge in [0.1, 0.15) is 11.5 Å². The van der Waals surface area contributed by atoms with Crippen molar-refractivity contribution >= 4 is 5.91 Å². The topological polar surface area (TPSA) is 52.5 Å². The van der Waals surface area contributed by atoms with Gasteiger partial charge in [0, 0.05) is 29.9 Å². The van der Waals surface area contributed by atoms with E-state index in [-0.39, 0.29) is 5.91 Å². The summed E-state index contributed by atoms with van der Waals surface area (Å²) in [6.07, 6.45) is 3.97. The molecule has 1 amide bonds. The van der Waals surface area contributed by atoms with Crippen molar-refractivity contribution in [2.24, 2.45) is 0 Å². The van der Waals surface area contributed by atoms with E-state index in [1.165, 1.54) is 27.9 Å². The van der Waals surface area contributed by atoms with Gasteiger partial charge in [0.2, 0.25) is 5.91 Å². The Hall–Kier alpha value is -3.99. The standard InChI is InChI=1S/C31H32N2O3/c1-35-27-14-7-22(8-15-27)19-20-32-30(34)18-13-26-21-24-10-9-23-5-3-4-6-29(23)31(24)33(26)25-11-16-28(36-2)17-12-25/h3-8,11-12,14-17,21H,9-10,13,18-20H2,1-2H3,(H,32,34). The van der Waals surface area contributed by atoms with Crippen LogP contribution in [-0.4, -0.2) is 31.2 Å². The molecule has 1 aliphatic carbocycles. The Kier molecular flexibility index (Phi) is 7.08. The molecule has 5 nitrogen and oxygen atoms in total. The molecule has 0 aliphatic heterocycles. The van der Waals surface area contributed by atoms with Crippen LogP contribution < -0.4 is 14.8 Å². The summed E-state index contributed by atoms with van der Waals surface area (Å²) < 4.78 is 12.9. The number of benzene rings is 3. The van der Waals surface area contributed by atoms with E-state index in [9.17, 15) is 4.79 Å². The maximum Gasteiger partial charge on any atom is 0.220 e. The van der Waals surface area contributed by atoms with Gasteiger partial charge in [-0.1, -0.05) is 36.4 Å². The highest BCUT2D eigenvalue weighted by molar-refractivity contribution is 5.77. The maximum absolute atomic E-state index is 12.7. The van der Waals surface area contributed by atoms with Gasteiger partial charge in [0.25, 0.3) is 0 Å². The quantitative estimate of drug-likeness (QED) is 0.342. The number of nitrogens with zero attached hydrogens (tertiary/aromatic N) is 1. The lowest BCUT2D eigenvalue weighted by atomic mass is 9.90. The average Bonchev–Trinajstić information content (AvgIpc) is 3.31. The molecule has 0 unspecified atom stereocenters. The minimum Gasteiger partial charge on any atom is -0.497 e. The number of aryl methyl sites for hydroxylation is 3. The molecule has 0 spiro atoms. The van der Waals surface area contributed by atoms with Gasteiger partial charge in [0.05, 0.1) is 19.9 Å². The summed E-state index contributed by atoms with van der Waals surface area (Å²) in [6, 6.07) is 27.1. The molecule has 1 heterocycles. The zero-order valence-corrected chi connectivity index (χ0v) is 20.9. The Labute approximate surface area is 212 Å². The number of carbonyl (C=O) groups excluding carboxylic acids is 1.